The van der Waals surface area contributed by atoms with Gasteiger partial charge in [0, 0.05) is 30.9 Å². The fourth-order valence-electron chi connectivity index (χ4n) is 2.66. The van der Waals surface area contributed by atoms with Crippen molar-refractivity contribution < 1.29 is 19.5 Å². The Kier molecular flexibility index (Phi) is 6.11. The van der Waals surface area contributed by atoms with E-state index < -0.39 is 11.9 Å². The van der Waals surface area contributed by atoms with Gasteiger partial charge in [0.1, 0.15) is 0 Å². The van der Waals surface area contributed by atoms with Crippen LogP contribution < -0.4 is 10.6 Å². The Morgan fingerprint density at radius 3 is 2.62 bits per heavy atom. The van der Waals surface area contributed by atoms with E-state index in [9.17, 15) is 14.4 Å². The van der Waals surface area contributed by atoms with E-state index >= 15 is 0 Å². The smallest absolute Gasteiger partial charge is 0.328 e. The second kappa shape index (κ2) is 8.28. The lowest BCUT2D eigenvalue weighted by Crippen LogP contribution is -2.36. The number of anilines is 1. The molecule has 1 fully saturated rings. The standard InChI is InChI=1S/C16H22N4O4/c1-2-20-10-12(18-13(21)8-9-14(22)23)15(19-20)16(24)17-11-6-4-3-5-7-11/h8-11H,2-7H2,1H3,(H,17,24)(H,18,21)(H,22,23)/b9-8+. The molecule has 130 valence electrons. The third-order valence-electron chi connectivity index (χ3n) is 3.88. The zero-order valence-electron chi connectivity index (χ0n) is 13.6. The molecule has 0 saturated heterocycles. The van der Waals surface area contributed by atoms with E-state index in [0.717, 1.165) is 37.8 Å². The third-order valence-corrected chi connectivity index (χ3v) is 3.88. The number of hydrogen-bond acceptors (Lipinski definition) is 4. The number of carbonyl (C=O) groups excluding carboxylic acids is 2. The number of nitrogens with one attached hydrogen (secondary N) is 2. The quantitative estimate of drug-likeness (QED) is 0.683. The second-order valence-electron chi connectivity index (χ2n) is 5.72. The summed E-state index contributed by atoms with van der Waals surface area (Å²) in [5, 5.41) is 18.2. The highest BCUT2D eigenvalue weighted by Crippen LogP contribution is 2.19. The Morgan fingerprint density at radius 2 is 2.00 bits per heavy atom. The van der Waals surface area contributed by atoms with Crippen LogP contribution in [-0.4, -0.2) is 38.7 Å². The number of carboxylic acid groups (broad SMARTS) is 1. The lowest BCUT2D eigenvalue weighted by Gasteiger charge is -2.22. The molecular weight excluding hydrogens is 312 g/mol. The van der Waals surface area contributed by atoms with Crippen LogP contribution in [0.4, 0.5) is 5.69 Å². The maximum Gasteiger partial charge on any atom is 0.328 e. The molecule has 2 rings (SSSR count). The van der Waals surface area contributed by atoms with Gasteiger partial charge in [-0.15, -0.1) is 0 Å². The van der Waals surface area contributed by atoms with Crippen molar-refractivity contribution in [3.8, 4) is 0 Å². The average molecular weight is 334 g/mol. The molecule has 0 radical (unpaired) electrons. The molecule has 8 heteroatoms. The van der Waals surface area contributed by atoms with Gasteiger partial charge in [0.15, 0.2) is 5.69 Å². The molecule has 1 aliphatic rings. The summed E-state index contributed by atoms with van der Waals surface area (Å²) in [6.45, 7) is 2.41. The van der Waals surface area contributed by atoms with E-state index in [2.05, 4.69) is 15.7 Å². The Labute approximate surface area is 139 Å². The summed E-state index contributed by atoms with van der Waals surface area (Å²) in [5.41, 5.74) is 0.407. The first-order chi connectivity index (χ1) is 11.5. The molecular formula is C16H22N4O4. The van der Waals surface area contributed by atoms with Crippen molar-refractivity contribution in [3.63, 3.8) is 0 Å². The summed E-state index contributed by atoms with van der Waals surface area (Å²) in [6.07, 6.45) is 8.47. The number of nitrogens with zero attached hydrogens (tertiary/aromatic N) is 2. The molecule has 0 unspecified atom stereocenters. The van der Waals surface area contributed by atoms with Crippen molar-refractivity contribution >= 4 is 23.5 Å². The van der Waals surface area contributed by atoms with Gasteiger partial charge in [0.2, 0.25) is 5.91 Å². The number of amides is 2. The summed E-state index contributed by atoms with van der Waals surface area (Å²) in [7, 11) is 0. The minimum atomic E-state index is -1.22. The number of aliphatic carboxylic acids is 1. The van der Waals surface area contributed by atoms with Crippen LogP contribution in [0.5, 0.6) is 0 Å². The second-order valence-corrected chi connectivity index (χ2v) is 5.72. The first kappa shape index (κ1) is 17.7. The van der Waals surface area contributed by atoms with E-state index in [1.165, 1.54) is 6.42 Å². The predicted octanol–water partition coefficient (Wildman–Crippen LogP) is 1.54. The van der Waals surface area contributed by atoms with Gasteiger partial charge in [-0.3, -0.25) is 14.3 Å². The number of aryl methyl sites for hydroxylation is 1. The first-order valence-corrected chi connectivity index (χ1v) is 8.10. The maximum atomic E-state index is 12.5. The van der Waals surface area contributed by atoms with Gasteiger partial charge in [0.25, 0.3) is 5.91 Å². The highest BCUT2D eigenvalue weighted by Gasteiger charge is 2.22. The van der Waals surface area contributed by atoms with Gasteiger partial charge >= 0.3 is 5.97 Å². The lowest BCUT2D eigenvalue weighted by atomic mass is 9.95. The SMILES string of the molecule is CCn1cc(NC(=O)/C=C/C(=O)O)c(C(=O)NC2CCCCC2)n1. The van der Waals surface area contributed by atoms with Crippen molar-refractivity contribution in [2.24, 2.45) is 0 Å². The van der Waals surface area contributed by atoms with Crippen LogP contribution >= 0.6 is 0 Å². The summed E-state index contributed by atoms with van der Waals surface area (Å²) in [6, 6.07) is 0.133. The van der Waals surface area contributed by atoms with Gasteiger partial charge in [0.05, 0.1) is 5.69 Å². The molecule has 0 spiro atoms. The highest BCUT2D eigenvalue weighted by molar-refractivity contribution is 6.06. The van der Waals surface area contributed by atoms with E-state index in [1.807, 2.05) is 6.92 Å². The molecule has 0 atom stereocenters. The minimum absolute atomic E-state index is 0.133. The Bertz CT molecular complexity index is 645. The molecule has 0 bridgehead atoms. The van der Waals surface area contributed by atoms with E-state index in [-0.39, 0.29) is 23.3 Å². The van der Waals surface area contributed by atoms with Crippen LogP contribution in [-0.2, 0) is 16.1 Å². The molecule has 0 aliphatic heterocycles. The predicted molar refractivity (Wildman–Crippen MR) is 87.6 cm³/mol. The maximum absolute atomic E-state index is 12.5. The van der Waals surface area contributed by atoms with E-state index in [1.54, 1.807) is 10.9 Å². The Hall–Kier alpha value is -2.64. The fraction of sp³-hybridized carbons (Fsp3) is 0.500. The summed E-state index contributed by atoms with van der Waals surface area (Å²) < 4.78 is 1.55. The molecule has 1 aromatic rings. The summed E-state index contributed by atoms with van der Waals surface area (Å²) in [4.78, 5) is 34.7. The van der Waals surface area contributed by atoms with Crippen molar-refractivity contribution in [2.75, 3.05) is 5.32 Å². The van der Waals surface area contributed by atoms with Gasteiger partial charge < -0.3 is 15.7 Å². The van der Waals surface area contributed by atoms with Crippen LogP contribution in [0.25, 0.3) is 0 Å². The van der Waals surface area contributed by atoms with Gasteiger partial charge in [-0.1, -0.05) is 19.3 Å². The van der Waals surface area contributed by atoms with E-state index in [0.29, 0.717) is 6.54 Å². The minimum Gasteiger partial charge on any atom is -0.478 e. The molecule has 24 heavy (non-hydrogen) atoms. The molecule has 8 nitrogen and oxygen atoms in total. The van der Waals surface area contributed by atoms with Crippen LogP contribution in [0.2, 0.25) is 0 Å². The number of rotatable bonds is 6. The lowest BCUT2D eigenvalue weighted by molar-refractivity contribution is -0.131. The molecule has 1 heterocycles. The Morgan fingerprint density at radius 1 is 1.29 bits per heavy atom. The first-order valence-electron chi connectivity index (χ1n) is 8.10. The fourth-order valence-corrected chi connectivity index (χ4v) is 2.66. The topological polar surface area (TPSA) is 113 Å². The van der Waals surface area contributed by atoms with Crippen LogP contribution in [0, 0.1) is 0 Å². The number of aromatic nitrogens is 2. The molecule has 1 aliphatic carbocycles. The average Bonchev–Trinajstić information content (AvgIpc) is 2.97. The van der Waals surface area contributed by atoms with Gasteiger partial charge in [-0.2, -0.15) is 5.10 Å². The van der Waals surface area contributed by atoms with E-state index in [4.69, 9.17) is 5.11 Å². The largest absolute Gasteiger partial charge is 0.478 e. The van der Waals surface area contributed by atoms with Crippen LogP contribution in [0.15, 0.2) is 18.3 Å². The number of carbonyl (C=O) groups is 3. The molecule has 1 aromatic heterocycles. The van der Waals surface area contributed by atoms with Gasteiger partial charge in [-0.05, 0) is 19.8 Å². The zero-order chi connectivity index (χ0) is 17.5. The molecule has 2 amide bonds. The number of hydrogen-bond donors (Lipinski definition) is 3. The van der Waals surface area contributed by atoms with Gasteiger partial charge in [-0.25, -0.2) is 4.79 Å². The van der Waals surface area contributed by atoms with Crippen molar-refractivity contribution in [1.29, 1.82) is 0 Å². The van der Waals surface area contributed by atoms with Crippen LogP contribution in [0.3, 0.4) is 0 Å². The van der Waals surface area contributed by atoms with Crippen molar-refractivity contribution in [3.05, 3.63) is 24.0 Å². The Balaban J connectivity index is 2.10. The zero-order valence-corrected chi connectivity index (χ0v) is 13.6. The monoisotopic (exact) mass is 334 g/mol. The van der Waals surface area contributed by atoms with Crippen molar-refractivity contribution in [1.82, 2.24) is 15.1 Å². The van der Waals surface area contributed by atoms with Crippen LogP contribution in [0.1, 0.15) is 49.5 Å². The normalized spacial score (nSPS) is 15.4. The number of carboxylic acids is 1. The molecule has 3 N–H and O–H groups in total. The third kappa shape index (κ3) is 4.94. The molecule has 0 aromatic carbocycles. The van der Waals surface area contributed by atoms with Crippen molar-refractivity contribution in [2.45, 2.75) is 51.6 Å². The summed E-state index contributed by atoms with van der Waals surface area (Å²) in [5.74, 6) is -2.17. The summed E-state index contributed by atoms with van der Waals surface area (Å²) >= 11 is 0. The molecule has 1 saturated carbocycles. The highest BCUT2D eigenvalue weighted by atomic mass is 16.4.